The molecule has 0 bridgehead atoms. The molecule has 25 heavy (non-hydrogen) atoms. The Labute approximate surface area is 149 Å². The topological polar surface area (TPSA) is 42.7 Å². The number of ether oxygens (including phenoxy) is 1. The minimum atomic E-state index is 0.0361. The SMILES string of the molecule is CCCCc1ccc(C(=O)N(Cc2ccco2)C[C@H]2CCCO2)cc1. The van der Waals surface area contributed by atoms with Crippen molar-refractivity contribution in [1.82, 2.24) is 4.90 Å². The maximum Gasteiger partial charge on any atom is 0.254 e. The van der Waals surface area contributed by atoms with Crippen molar-refractivity contribution >= 4 is 5.91 Å². The van der Waals surface area contributed by atoms with Gasteiger partial charge in [-0.25, -0.2) is 0 Å². The molecule has 1 fully saturated rings. The molecule has 0 radical (unpaired) electrons. The van der Waals surface area contributed by atoms with E-state index in [1.807, 2.05) is 29.2 Å². The number of amides is 1. The lowest BCUT2D eigenvalue weighted by Gasteiger charge is -2.25. The van der Waals surface area contributed by atoms with Crippen LogP contribution in [0.3, 0.4) is 0 Å². The Morgan fingerprint density at radius 1 is 1.24 bits per heavy atom. The first-order chi connectivity index (χ1) is 12.3. The van der Waals surface area contributed by atoms with Crippen molar-refractivity contribution in [3.63, 3.8) is 0 Å². The first-order valence-electron chi connectivity index (χ1n) is 9.28. The lowest BCUT2D eigenvalue weighted by molar-refractivity contribution is 0.0491. The van der Waals surface area contributed by atoms with Crippen LogP contribution in [-0.2, 0) is 17.7 Å². The van der Waals surface area contributed by atoms with Gasteiger partial charge in [-0.2, -0.15) is 0 Å². The van der Waals surface area contributed by atoms with Gasteiger partial charge in [0.2, 0.25) is 0 Å². The molecule has 0 unspecified atom stereocenters. The third kappa shape index (κ3) is 4.95. The molecule has 4 nitrogen and oxygen atoms in total. The molecule has 1 aliphatic rings. The molecular weight excluding hydrogens is 314 g/mol. The molecule has 2 heterocycles. The summed E-state index contributed by atoms with van der Waals surface area (Å²) >= 11 is 0. The van der Waals surface area contributed by atoms with Crippen LogP contribution in [0.4, 0.5) is 0 Å². The normalized spacial score (nSPS) is 16.9. The summed E-state index contributed by atoms with van der Waals surface area (Å²) in [5.74, 6) is 0.833. The fraction of sp³-hybridized carbons (Fsp3) is 0.476. The molecule has 1 aliphatic heterocycles. The number of unbranched alkanes of at least 4 members (excludes halogenated alkanes) is 1. The van der Waals surface area contributed by atoms with E-state index in [9.17, 15) is 4.79 Å². The van der Waals surface area contributed by atoms with Crippen molar-refractivity contribution in [2.24, 2.45) is 0 Å². The maximum atomic E-state index is 13.0. The van der Waals surface area contributed by atoms with Gasteiger partial charge in [-0.15, -0.1) is 0 Å². The molecule has 0 aliphatic carbocycles. The van der Waals surface area contributed by atoms with Crippen LogP contribution in [0.25, 0.3) is 0 Å². The van der Waals surface area contributed by atoms with Crippen molar-refractivity contribution in [3.8, 4) is 0 Å². The lowest BCUT2D eigenvalue weighted by atomic mass is 10.1. The van der Waals surface area contributed by atoms with Crippen LogP contribution in [0.1, 0.15) is 54.3 Å². The summed E-state index contributed by atoms with van der Waals surface area (Å²) in [6.45, 7) is 4.06. The number of benzene rings is 1. The van der Waals surface area contributed by atoms with E-state index in [2.05, 4.69) is 19.1 Å². The van der Waals surface area contributed by atoms with Gasteiger partial charge in [0, 0.05) is 18.7 Å². The van der Waals surface area contributed by atoms with Gasteiger partial charge in [0.15, 0.2) is 0 Å². The number of hydrogen-bond donors (Lipinski definition) is 0. The molecule has 0 spiro atoms. The van der Waals surface area contributed by atoms with Gasteiger partial charge in [-0.3, -0.25) is 4.79 Å². The molecular formula is C21H27NO3. The second-order valence-electron chi connectivity index (χ2n) is 6.70. The van der Waals surface area contributed by atoms with Crippen LogP contribution >= 0.6 is 0 Å². The van der Waals surface area contributed by atoms with E-state index in [1.165, 1.54) is 18.4 Å². The maximum absolute atomic E-state index is 13.0. The highest BCUT2D eigenvalue weighted by Gasteiger charge is 2.24. The predicted octanol–water partition coefficient (Wildman–Crippen LogP) is 4.44. The summed E-state index contributed by atoms with van der Waals surface area (Å²) < 4.78 is 11.2. The van der Waals surface area contributed by atoms with Crippen molar-refractivity contribution in [2.75, 3.05) is 13.2 Å². The highest BCUT2D eigenvalue weighted by atomic mass is 16.5. The van der Waals surface area contributed by atoms with Crippen LogP contribution in [0, 0.1) is 0 Å². The quantitative estimate of drug-likeness (QED) is 0.713. The molecule has 1 amide bonds. The molecule has 2 aromatic rings. The number of hydrogen-bond acceptors (Lipinski definition) is 3. The fourth-order valence-corrected chi connectivity index (χ4v) is 3.22. The van der Waals surface area contributed by atoms with Gasteiger partial charge >= 0.3 is 0 Å². The van der Waals surface area contributed by atoms with E-state index in [4.69, 9.17) is 9.15 Å². The molecule has 1 saturated heterocycles. The zero-order chi connectivity index (χ0) is 17.5. The zero-order valence-corrected chi connectivity index (χ0v) is 14.9. The first-order valence-corrected chi connectivity index (χ1v) is 9.28. The van der Waals surface area contributed by atoms with E-state index in [0.29, 0.717) is 13.1 Å². The molecule has 0 saturated carbocycles. The third-order valence-corrected chi connectivity index (χ3v) is 4.68. The average molecular weight is 341 g/mol. The highest BCUT2D eigenvalue weighted by Crippen LogP contribution is 2.18. The van der Waals surface area contributed by atoms with E-state index >= 15 is 0 Å². The van der Waals surface area contributed by atoms with E-state index in [0.717, 1.165) is 37.2 Å². The second kappa shape index (κ2) is 8.86. The number of carbonyl (C=O) groups excluding carboxylic acids is 1. The molecule has 0 N–H and O–H groups in total. The summed E-state index contributed by atoms with van der Waals surface area (Å²) in [5, 5.41) is 0. The van der Waals surface area contributed by atoms with Crippen LogP contribution in [0.5, 0.6) is 0 Å². The Balaban J connectivity index is 1.70. The van der Waals surface area contributed by atoms with Gasteiger partial charge < -0.3 is 14.1 Å². The third-order valence-electron chi connectivity index (χ3n) is 4.68. The minimum Gasteiger partial charge on any atom is -0.467 e. The monoisotopic (exact) mass is 341 g/mol. The Morgan fingerprint density at radius 3 is 2.72 bits per heavy atom. The predicted molar refractivity (Wildman–Crippen MR) is 97.5 cm³/mol. The highest BCUT2D eigenvalue weighted by molar-refractivity contribution is 5.94. The summed E-state index contributed by atoms with van der Waals surface area (Å²) in [6.07, 6.45) is 7.28. The Morgan fingerprint density at radius 2 is 2.08 bits per heavy atom. The summed E-state index contributed by atoms with van der Waals surface area (Å²) in [5.41, 5.74) is 2.01. The number of aryl methyl sites for hydroxylation is 1. The van der Waals surface area contributed by atoms with Gasteiger partial charge in [-0.05, 0) is 55.5 Å². The Bertz CT molecular complexity index is 642. The smallest absolute Gasteiger partial charge is 0.254 e. The minimum absolute atomic E-state index is 0.0361. The molecule has 1 aromatic carbocycles. The van der Waals surface area contributed by atoms with Crippen molar-refractivity contribution in [1.29, 1.82) is 0 Å². The number of rotatable bonds is 8. The molecule has 1 aromatic heterocycles. The second-order valence-corrected chi connectivity index (χ2v) is 6.70. The van der Waals surface area contributed by atoms with Gasteiger partial charge in [0.05, 0.1) is 18.9 Å². The summed E-state index contributed by atoms with van der Waals surface area (Å²) in [4.78, 5) is 14.9. The fourth-order valence-electron chi connectivity index (χ4n) is 3.22. The molecule has 3 rings (SSSR count). The van der Waals surface area contributed by atoms with Crippen molar-refractivity contribution < 1.29 is 13.9 Å². The van der Waals surface area contributed by atoms with Crippen LogP contribution in [0.2, 0.25) is 0 Å². The van der Waals surface area contributed by atoms with Gasteiger partial charge in [-0.1, -0.05) is 25.5 Å². The van der Waals surface area contributed by atoms with Crippen LogP contribution < -0.4 is 0 Å². The zero-order valence-electron chi connectivity index (χ0n) is 14.9. The molecule has 4 heteroatoms. The molecule has 1 atom stereocenters. The van der Waals surface area contributed by atoms with Gasteiger partial charge in [0.1, 0.15) is 5.76 Å². The molecule has 134 valence electrons. The van der Waals surface area contributed by atoms with E-state index < -0.39 is 0 Å². The van der Waals surface area contributed by atoms with Crippen LogP contribution in [0.15, 0.2) is 47.1 Å². The number of carbonyl (C=O) groups is 1. The van der Waals surface area contributed by atoms with Gasteiger partial charge in [0.25, 0.3) is 5.91 Å². The Kier molecular flexibility index (Phi) is 6.29. The number of furan rings is 1. The number of nitrogens with zero attached hydrogens (tertiary/aromatic N) is 1. The van der Waals surface area contributed by atoms with E-state index in [-0.39, 0.29) is 12.0 Å². The largest absolute Gasteiger partial charge is 0.467 e. The Hall–Kier alpha value is -2.07. The summed E-state index contributed by atoms with van der Waals surface area (Å²) in [7, 11) is 0. The van der Waals surface area contributed by atoms with Crippen LogP contribution in [-0.4, -0.2) is 30.1 Å². The van der Waals surface area contributed by atoms with Crippen molar-refractivity contribution in [2.45, 2.75) is 51.7 Å². The van der Waals surface area contributed by atoms with E-state index in [1.54, 1.807) is 6.26 Å². The first kappa shape index (κ1) is 17.7. The van der Waals surface area contributed by atoms with Crippen molar-refractivity contribution in [3.05, 3.63) is 59.5 Å². The lowest BCUT2D eigenvalue weighted by Crippen LogP contribution is -2.36. The average Bonchev–Trinajstić information content (AvgIpc) is 3.33. The standard InChI is InChI=1S/C21H27NO3/c1-2-3-6-17-9-11-18(12-10-17)21(23)22(15-19-7-4-13-24-19)16-20-8-5-14-25-20/h4,7,9-13,20H,2-3,5-6,8,14-16H2,1H3/t20-/m1/s1. The summed E-state index contributed by atoms with van der Waals surface area (Å²) in [6, 6.07) is 11.8.